The van der Waals surface area contributed by atoms with Crippen molar-refractivity contribution in [1.29, 1.82) is 0 Å². The van der Waals surface area contributed by atoms with Gasteiger partial charge in [0.2, 0.25) is 0 Å². The highest BCUT2D eigenvalue weighted by Crippen LogP contribution is 2.43. The van der Waals surface area contributed by atoms with Gasteiger partial charge in [0.15, 0.2) is 0 Å². The molecule has 43 heavy (non-hydrogen) atoms. The van der Waals surface area contributed by atoms with E-state index in [2.05, 4.69) is 9.88 Å². The first-order valence-electron chi connectivity index (χ1n) is 14.1. The number of aryl methyl sites for hydroxylation is 1. The van der Waals surface area contributed by atoms with Crippen LogP contribution in [0, 0.1) is 6.92 Å². The summed E-state index contributed by atoms with van der Waals surface area (Å²) in [7, 11) is 0. The Balaban J connectivity index is 1.32. The van der Waals surface area contributed by atoms with E-state index in [-0.39, 0.29) is 12.6 Å². The minimum Gasteiger partial charge on any atom is -0.489 e. The molecule has 2 fully saturated rings. The second-order valence-corrected chi connectivity index (χ2v) is 12.6. The molecular weight excluding hydrogens is 605 g/mol. The fourth-order valence-electron chi connectivity index (χ4n) is 6.00. The van der Waals surface area contributed by atoms with Gasteiger partial charge in [-0.25, -0.2) is 4.79 Å². The van der Waals surface area contributed by atoms with E-state index in [0.29, 0.717) is 26.0 Å². The van der Waals surface area contributed by atoms with E-state index in [1.165, 1.54) is 11.3 Å². The maximum absolute atomic E-state index is 13.0. The van der Waals surface area contributed by atoms with Crippen LogP contribution in [0.25, 0.3) is 21.3 Å². The number of halogens is 4. The van der Waals surface area contributed by atoms with Gasteiger partial charge in [0.05, 0.1) is 30.0 Å². The van der Waals surface area contributed by atoms with Crippen LogP contribution in [0.15, 0.2) is 52.3 Å². The first-order valence-corrected chi connectivity index (χ1v) is 15.3. The molecule has 0 amide bonds. The maximum atomic E-state index is 13.0. The van der Waals surface area contributed by atoms with Crippen molar-refractivity contribution in [1.82, 2.24) is 19.0 Å². The molecule has 13 heteroatoms. The summed E-state index contributed by atoms with van der Waals surface area (Å²) in [5.74, 6) is 0.744. The summed E-state index contributed by atoms with van der Waals surface area (Å²) in [4.78, 5) is 32.8. The first kappa shape index (κ1) is 29.9. The van der Waals surface area contributed by atoms with Crippen LogP contribution < -0.4 is 16.0 Å². The number of hydrogen-bond donors (Lipinski definition) is 0. The molecule has 4 aromatic rings. The lowest BCUT2D eigenvalue weighted by molar-refractivity contribution is -0.141. The summed E-state index contributed by atoms with van der Waals surface area (Å²) in [5, 5.41) is 0.556. The fourth-order valence-corrected chi connectivity index (χ4v) is 7.40. The Morgan fingerprint density at radius 1 is 1.12 bits per heavy atom. The summed E-state index contributed by atoms with van der Waals surface area (Å²) < 4.78 is 53.2. The van der Waals surface area contributed by atoms with Crippen LogP contribution in [0.2, 0.25) is 5.02 Å². The zero-order valence-corrected chi connectivity index (χ0v) is 25.0. The molecular formula is C30H30ClF3N4O4S. The Kier molecular flexibility index (Phi) is 8.38. The molecule has 0 radical (unpaired) electrons. The van der Waals surface area contributed by atoms with Crippen molar-refractivity contribution in [3.05, 3.63) is 79.0 Å². The van der Waals surface area contributed by atoms with Gasteiger partial charge in [-0.05, 0) is 56.0 Å². The molecule has 2 aliphatic rings. The van der Waals surface area contributed by atoms with E-state index in [4.69, 9.17) is 21.1 Å². The van der Waals surface area contributed by atoms with Crippen molar-refractivity contribution in [3.8, 4) is 16.9 Å². The Morgan fingerprint density at radius 2 is 1.91 bits per heavy atom. The third kappa shape index (κ3) is 6.52. The lowest BCUT2D eigenvalue weighted by atomic mass is 10.0. The number of hydrogen-bond acceptors (Lipinski definition) is 7. The molecule has 4 heterocycles. The molecule has 0 bridgehead atoms. The molecule has 0 unspecified atom stereocenters. The monoisotopic (exact) mass is 634 g/mol. The zero-order valence-electron chi connectivity index (χ0n) is 23.4. The average molecular weight is 635 g/mol. The summed E-state index contributed by atoms with van der Waals surface area (Å²) >= 11 is 7.85. The van der Waals surface area contributed by atoms with Crippen molar-refractivity contribution < 1.29 is 22.6 Å². The topological polar surface area (TPSA) is 78.6 Å². The van der Waals surface area contributed by atoms with Gasteiger partial charge in [-0.15, -0.1) is 11.3 Å². The van der Waals surface area contributed by atoms with Crippen LogP contribution in [-0.2, 0) is 17.8 Å². The standard InChI is InChI=1S/C30H30ClF3N4O4S/c1-18-12-19(31)13-24(27(18)42-21-3-2-20(14-21)36-8-10-41-11-9-36)23-4-6-35-25-15-22(43-28(23)25)16-38-26(39)5-7-37(29(38)40)17-30(32,33)34/h4-7,12-13,15,20-21H,2-3,8-11,14,16-17H2,1H3/t20-,21-/m1/s1. The Bertz CT molecular complexity index is 1760. The highest BCUT2D eigenvalue weighted by molar-refractivity contribution is 7.19. The van der Waals surface area contributed by atoms with Crippen LogP contribution in [0.4, 0.5) is 13.2 Å². The SMILES string of the molecule is Cc1cc(Cl)cc(-c2ccnc3cc(Cn4c(=O)ccn(CC(F)(F)F)c4=O)sc23)c1O[C@@H]1CC[C@@H](N2CCOCC2)C1. The number of rotatable bonds is 7. The number of benzene rings is 1. The van der Waals surface area contributed by atoms with Crippen LogP contribution in [0.5, 0.6) is 5.75 Å². The van der Waals surface area contributed by atoms with E-state index >= 15 is 0 Å². The average Bonchev–Trinajstić information content (AvgIpc) is 3.61. The van der Waals surface area contributed by atoms with E-state index in [1.54, 1.807) is 12.3 Å². The number of ether oxygens (including phenoxy) is 2. The molecule has 0 N–H and O–H groups in total. The van der Waals surface area contributed by atoms with Crippen LogP contribution in [-0.4, -0.2) is 63.6 Å². The van der Waals surface area contributed by atoms with E-state index in [1.807, 2.05) is 25.1 Å². The van der Waals surface area contributed by atoms with Crippen molar-refractivity contribution >= 4 is 33.2 Å². The Labute approximate surface area is 254 Å². The van der Waals surface area contributed by atoms with Gasteiger partial charge in [-0.3, -0.25) is 23.8 Å². The number of aromatic nitrogens is 3. The Hall–Kier alpha value is -3.19. The normalized spacial score (nSPS) is 19.7. The zero-order chi connectivity index (χ0) is 30.3. The number of nitrogens with zero attached hydrogens (tertiary/aromatic N) is 4. The van der Waals surface area contributed by atoms with Gasteiger partial charge < -0.3 is 9.47 Å². The predicted molar refractivity (Wildman–Crippen MR) is 159 cm³/mol. The van der Waals surface area contributed by atoms with Gasteiger partial charge >= 0.3 is 11.9 Å². The largest absolute Gasteiger partial charge is 0.489 e. The number of thiophene rings is 1. The molecule has 0 spiro atoms. The van der Waals surface area contributed by atoms with Crippen LogP contribution >= 0.6 is 22.9 Å². The minimum atomic E-state index is -4.60. The lowest BCUT2D eigenvalue weighted by Crippen LogP contribution is -2.42. The fraction of sp³-hybridized carbons (Fsp3) is 0.433. The van der Waals surface area contributed by atoms with E-state index in [0.717, 1.165) is 89.5 Å². The number of pyridine rings is 1. The molecule has 3 aromatic heterocycles. The highest BCUT2D eigenvalue weighted by atomic mass is 35.5. The van der Waals surface area contributed by atoms with Crippen LogP contribution in [0.3, 0.4) is 0 Å². The van der Waals surface area contributed by atoms with Crippen molar-refractivity contribution in [2.24, 2.45) is 0 Å². The van der Waals surface area contributed by atoms with E-state index in [9.17, 15) is 22.8 Å². The second-order valence-electron chi connectivity index (χ2n) is 11.0. The van der Waals surface area contributed by atoms with Crippen LogP contribution in [0.1, 0.15) is 29.7 Å². The quantitative estimate of drug-likeness (QED) is 0.268. The van der Waals surface area contributed by atoms with Crippen molar-refractivity contribution in [3.63, 3.8) is 0 Å². The molecule has 2 atom stereocenters. The summed E-state index contributed by atoms with van der Waals surface area (Å²) in [6.45, 7) is 3.69. The number of fused-ring (bicyclic) bond motifs is 1. The van der Waals surface area contributed by atoms with Gasteiger partial charge in [0.1, 0.15) is 18.4 Å². The second kappa shape index (κ2) is 12.1. The summed E-state index contributed by atoms with van der Waals surface area (Å²) in [5.41, 5.74) is 1.48. The summed E-state index contributed by atoms with van der Waals surface area (Å²) in [6, 6.07) is 8.79. The number of morpholine rings is 1. The molecule has 228 valence electrons. The molecule has 1 saturated heterocycles. The van der Waals surface area contributed by atoms with Gasteiger partial charge in [-0.2, -0.15) is 13.2 Å². The maximum Gasteiger partial charge on any atom is 0.406 e. The smallest absolute Gasteiger partial charge is 0.406 e. The van der Waals surface area contributed by atoms with Gasteiger partial charge in [0, 0.05) is 58.6 Å². The van der Waals surface area contributed by atoms with Gasteiger partial charge in [0.25, 0.3) is 5.56 Å². The van der Waals surface area contributed by atoms with Crippen molar-refractivity contribution in [2.45, 2.75) is 57.6 Å². The third-order valence-electron chi connectivity index (χ3n) is 8.00. The third-order valence-corrected chi connectivity index (χ3v) is 9.36. The molecule has 1 aliphatic carbocycles. The molecule has 8 nitrogen and oxygen atoms in total. The molecule has 1 aromatic carbocycles. The number of alkyl halides is 3. The lowest BCUT2D eigenvalue weighted by Gasteiger charge is -2.32. The summed E-state index contributed by atoms with van der Waals surface area (Å²) in [6.07, 6.45) is 0.915. The molecule has 6 rings (SSSR count). The predicted octanol–water partition coefficient (Wildman–Crippen LogP) is 5.49. The van der Waals surface area contributed by atoms with E-state index < -0.39 is 24.0 Å². The van der Waals surface area contributed by atoms with Crippen molar-refractivity contribution in [2.75, 3.05) is 26.3 Å². The first-order chi connectivity index (χ1) is 20.6. The minimum absolute atomic E-state index is 0.0477. The highest BCUT2D eigenvalue weighted by Gasteiger charge is 2.32. The Morgan fingerprint density at radius 3 is 2.67 bits per heavy atom. The van der Waals surface area contributed by atoms with Gasteiger partial charge in [-0.1, -0.05) is 11.6 Å². The molecule has 1 aliphatic heterocycles. The molecule has 1 saturated carbocycles.